The Morgan fingerprint density at radius 3 is 2.61 bits per heavy atom. The fourth-order valence-corrected chi connectivity index (χ4v) is 7.15. The van der Waals surface area contributed by atoms with E-state index in [2.05, 4.69) is 52.8 Å². The van der Waals surface area contributed by atoms with Crippen LogP contribution in [0.5, 0.6) is 0 Å². The van der Waals surface area contributed by atoms with Crippen LogP contribution in [0.15, 0.2) is 36.5 Å². The predicted octanol–water partition coefficient (Wildman–Crippen LogP) is 5.84. The third-order valence-corrected chi connectivity index (χ3v) is 9.52. The molecule has 206 valence electrons. The van der Waals surface area contributed by atoms with Crippen LogP contribution in [0.3, 0.4) is 0 Å². The number of hydrogen-bond donors (Lipinski definition) is 1. The molecule has 5 rings (SSSR count). The minimum atomic E-state index is 0.0459. The van der Waals surface area contributed by atoms with Crippen LogP contribution in [-0.4, -0.2) is 59.4 Å². The third-order valence-electron chi connectivity index (χ3n) is 9.52. The summed E-state index contributed by atoms with van der Waals surface area (Å²) in [5.74, 6) is 1.46. The minimum Gasteiger partial charge on any atom is -0.380 e. The highest BCUT2D eigenvalue weighted by atomic mass is 16.5. The van der Waals surface area contributed by atoms with Crippen LogP contribution >= 0.6 is 0 Å². The van der Waals surface area contributed by atoms with Crippen molar-refractivity contribution in [2.75, 3.05) is 20.2 Å². The quantitative estimate of drug-likeness (QED) is 0.475. The number of aryl methyl sites for hydroxylation is 1. The molecule has 0 bridgehead atoms. The number of piperidine rings is 1. The maximum Gasteiger partial charge on any atom is 0.274 e. The second-order valence-electron chi connectivity index (χ2n) is 11.9. The molecule has 6 heteroatoms. The first kappa shape index (κ1) is 27.3. The molecule has 1 saturated heterocycles. The van der Waals surface area contributed by atoms with Gasteiger partial charge in [0.15, 0.2) is 5.69 Å². The van der Waals surface area contributed by atoms with Gasteiger partial charge in [-0.25, -0.2) is 0 Å². The molecule has 4 atom stereocenters. The Labute approximate surface area is 228 Å². The summed E-state index contributed by atoms with van der Waals surface area (Å²) in [6.45, 7) is 3.61. The van der Waals surface area contributed by atoms with Crippen molar-refractivity contribution in [3.05, 3.63) is 58.9 Å². The topological polar surface area (TPSA) is 67.3 Å². The third kappa shape index (κ3) is 6.63. The van der Waals surface area contributed by atoms with Gasteiger partial charge < -0.3 is 15.0 Å². The van der Waals surface area contributed by atoms with E-state index in [9.17, 15) is 4.79 Å². The van der Waals surface area contributed by atoms with Crippen LogP contribution in [0, 0.1) is 12.8 Å². The average molecular weight is 519 g/mol. The smallest absolute Gasteiger partial charge is 0.274 e. The summed E-state index contributed by atoms with van der Waals surface area (Å²) in [4.78, 5) is 15.4. The van der Waals surface area contributed by atoms with Gasteiger partial charge in [0.2, 0.25) is 0 Å². The van der Waals surface area contributed by atoms with Gasteiger partial charge in [-0.15, -0.1) is 5.10 Å². The SMILES string of the molecule is CO[C@@H]1CCCC[C@@H]1NC1CCN(C(=O)c2nncc(CC[C@H]3CCC[C@@H](c4ccccc4)C3)c2C)CC1. The highest BCUT2D eigenvalue weighted by molar-refractivity contribution is 5.93. The van der Waals surface area contributed by atoms with Gasteiger partial charge in [-0.1, -0.05) is 56.0 Å². The zero-order valence-electron chi connectivity index (χ0n) is 23.4. The lowest BCUT2D eigenvalue weighted by Gasteiger charge is -2.38. The number of hydrogen-bond acceptors (Lipinski definition) is 5. The Bertz CT molecular complexity index is 1040. The second-order valence-corrected chi connectivity index (χ2v) is 11.9. The molecule has 6 nitrogen and oxygen atoms in total. The van der Waals surface area contributed by atoms with E-state index < -0.39 is 0 Å². The standard InChI is InChI=1S/C32H46N4O2/c1-23-27(16-15-24-9-8-12-26(21-24)25-10-4-3-5-11-25)22-33-35-31(23)32(37)36-19-17-28(18-20-36)34-29-13-6-7-14-30(29)38-2/h3-5,10-11,22,24,26,28-30,34H,6-9,12-21H2,1-2H3/t24-,26-,29+,30-/m1/s1. The van der Waals surface area contributed by atoms with Crippen molar-refractivity contribution in [3.8, 4) is 0 Å². The van der Waals surface area contributed by atoms with Crippen molar-refractivity contribution in [1.82, 2.24) is 20.4 Å². The summed E-state index contributed by atoms with van der Waals surface area (Å²) in [5, 5.41) is 12.4. The van der Waals surface area contributed by atoms with Crippen molar-refractivity contribution < 1.29 is 9.53 Å². The molecule has 1 aromatic heterocycles. The maximum atomic E-state index is 13.5. The molecule has 38 heavy (non-hydrogen) atoms. The molecule has 0 unspecified atom stereocenters. The van der Waals surface area contributed by atoms with Gasteiger partial charge in [-0.2, -0.15) is 5.10 Å². The van der Waals surface area contributed by atoms with E-state index in [4.69, 9.17) is 4.74 Å². The lowest BCUT2D eigenvalue weighted by molar-refractivity contribution is 0.0329. The van der Waals surface area contributed by atoms with Crippen LogP contribution in [-0.2, 0) is 11.2 Å². The van der Waals surface area contributed by atoms with Crippen molar-refractivity contribution in [2.24, 2.45) is 5.92 Å². The van der Waals surface area contributed by atoms with Crippen LogP contribution in [0.1, 0.15) is 104 Å². The number of carbonyl (C=O) groups is 1. The number of methoxy groups -OCH3 is 1. The van der Waals surface area contributed by atoms with Crippen molar-refractivity contribution >= 4 is 5.91 Å². The lowest BCUT2D eigenvalue weighted by Crippen LogP contribution is -2.52. The first-order valence-electron chi connectivity index (χ1n) is 15.1. The van der Waals surface area contributed by atoms with Crippen LogP contribution in [0.2, 0.25) is 0 Å². The zero-order valence-corrected chi connectivity index (χ0v) is 23.4. The van der Waals surface area contributed by atoms with Crippen LogP contribution < -0.4 is 5.32 Å². The highest BCUT2D eigenvalue weighted by Gasteiger charge is 2.31. The van der Waals surface area contributed by atoms with Crippen molar-refractivity contribution in [1.29, 1.82) is 0 Å². The fourth-order valence-electron chi connectivity index (χ4n) is 7.15. The first-order chi connectivity index (χ1) is 18.6. The van der Waals surface area contributed by atoms with Gasteiger partial charge >= 0.3 is 0 Å². The second kappa shape index (κ2) is 13.2. The lowest BCUT2D eigenvalue weighted by atomic mass is 9.76. The van der Waals surface area contributed by atoms with Crippen LogP contribution in [0.4, 0.5) is 0 Å². The molecule has 2 aromatic rings. The van der Waals surface area contributed by atoms with E-state index in [0.717, 1.165) is 56.7 Å². The van der Waals surface area contributed by atoms with E-state index in [0.29, 0.717) is 29.8 Å². The highest BCUT2D eigenvalue weighted by Crippen LogP contribution is 2.38. The van der Waals surface area contributed by atoms with E-state index in [1.807, 2.05) is 18.2 Å². The summed E-state index contributed by atoms with van der Waals surface area (Å²) >= 11 is 0. The molecule has 1 N–H and O–H groups in total. The monoisotopic (exact) mass is 518 g/mol. The number of ether oxygens (including phenoxy) is 1. The number of nitrogens with one attached hydrogen (secondary N) is 1. The summed E-state index contributed by atoms with van der Waals surface area (Å²) in [6, 6.07) is 11.9. The molecular weight excluding hydrogens is 472 g/mol. The molecule has 2 heterocycles. The number of carbonyl (C=O) groups excluding carboxylic acids is 1. The Kier molecular flexibility index (Phi) is 9.44. The van der Waals surface area contributed by atoms with E-state index in [1.54, 1.807) is 0 Å². The largest absolute Gasteiger partial charge is 0.380 e. The molecule has 3 aliphatic rings. The number of benzene rings is 1. The van der Waals surface area contributed by atoms with Gasteiger partial charge in [0, 0.05) is 32.3 Å². The van der Waals surface area contributed by atoms with Gasteiger partial charge in [0.25, 0.3) is 5.91 Å². The average Bonchev–Trinajstić information content (AvgIpc) is 2.97. The Balaban J connectivity index is 1.13. The van der Waals surface area contributed by atoms with E-state index >= 15 is 0 Å². The molecule has 0 spiro atoms. The van der Waals surface area contributed by atoms with Crippen molar-refractivity contribution in [2.45, 2.75) is 108 Å². The zero-order chi connectivity index (χ0) is 26.3. The summed E-state index contributed by atoms with van der Waals surface area (Å²) < 4.78 is 5.73. The number of likely N-dealkylation sites (tertiary alicyclic amines) is 1. The Morgan fingerprint density at radius 1 is 1.03 bits per heavy atom. The van der Waals surface area contributed by atoms with E-state index in [-0.39, 0.29) is 5.91 Å². The first-order valence-corrected chi connectivity index (χ1v) is 15.1. The van der Waals surface area contributed by atoms with E-state index in [1.165, 1.54) is 56.1 Å². The summed E-state index contributed by atoms with van der Waals surface area (Å²) in [5.41, 5.74) is 4.24. The molecule has 1 amide bonds. The molecule has 1 aliphatic heterocycles. The van der Waals surface area contributed by atoms with Gasteiger partial charge in [-0.3, -0.25) is 4.79 Å². The van der Waals surface area contributed by atoms with Crippen molar-refractivity contribution in [3.63, 3.8) is 0 Å². The van der Waals surface area contributed by atoms with Gasteiger partial charge in [0.05, 0.1) is 12.3 Å². The maximum absolute atomic E-state index is 13.5. The molecule has 1 aromatic carbocycles. The molecule has 2 aliphatic carbocycles. The fraction of sp³-hybridized carbons (Fsp3) is 0.656. The molecule has 0 radical (unpaired) electrons. The molecule has 2 saturated carbocycles. The Morgan fingerprint density at radius 2 is 1.82 bits per heavy atom. The number of nitrogens with zero attached hydrogens (tertiary/aromatic N) is 3. The minimum absolute atomic E-state index is 0.0459. The molecule has 3 fully saturated rings. The number of aromatic nitrogens is 2. The summed E-state index contributed by atoms with van der Waals surface area (Å²) in [6.07, 6.45) is 16.4. The number of amides is 1. The molecular formula is C32H46N4O2. The predicted molar refractivity (Wildman–Crippen MR) is 151 cm³/mol. The normalized spacial score (nSPS) is 26.8. The van der Waals surface area contributed by atoms with Gasteiger partial charge in [0.1, 0.15) is 0 Å². The number of rotatable bonds is 8. The summed E-state index contributed by atoms with van der Waals surface area (Å²) in [7, 11) is 1.83. The van der Waals surface area contributed by atoms with Gasteiger partial charge in [-0.05, 0) is 86.8 Å². The van der Waals surface area contributed by atoms with Crippen LogP contribution in [0.25, 0.3) is 0 Å². The Hall–Kier alpha value is -2.31.